The summed E-state index contributed by atoms with van der Waals surface area (Å²) in [5.74, 6) is -1.87. The van der Waals surface area contributed by atoms with Crippen LogP contribution in [0.4, 0.5) is 0 Å². The minimum atomic E-state index is -0.957. The van der Waals surface area contributed by atoms with Crippen LogP contribution in [0.3, 0.4) is 0 Å². The lowest BCUT2D eigenvalue weighted by Gasteiger charge is -2.29. The highest BCUT2D eigenvalue weighted by Crippen LogP contribution is 2.33. The lowest BCUT2D eigenvalue weighted by molar-refractivity contribution is -0.143. The van der Waals surface area contributed by atoms with E-state index in [0.717, 1.165) is 5.56 Å². The Hall–Kier alpha value is -2.43. The molecule has 0 amide bonds. The number of hydrogen-bond acceptors (Lipinski definition) is 3. The van der Waals surface area contributed by atoms with Gasteiger partial charge >= 0.3 is 5.97 Å². The van der Waals surface area contributed by atoms with E-state index in [4.69, 9.17) is 0 Å². The van der Waals surface area contributed by atoms with E-state index in [-0.39, 0.29) is 5.78 Å². The predicted octanol–water partition coefficient (Wildman–Crippen LogP) is 1.56. The van der Waals surface area contributed by atoms with Crippen molar-refractivity contribution in [1.29, 1.82) is 0 Å². The van der Waals surface area contributed by atoms with E-state index in [1.54, 1.807) is 29.1 Å². The van der Waals surface area contributed by atoms with Crippen LogP contribution in [0.1, 0.15) is 22.0 Å². The van der Waals surface area contributed by atoms with Crippen LogP contribution >= 0.6 is 0 Å². The maximum atomic E-state index is 12.5. The molecule has 1 aromatic heterocycles. The Bertz CT molecular complexity index is 634. The van der Waals surface area contributed by atoms with Gasteiger partial charge in [0.25, 0.3) is 0 Å². The number of benzene rings is 1. The number of fused-ring (bicyclic) bond motifs is 1. The van der Waals surface area contributed by atoms with E-state index in [1.165, 1.54) is 6.33 Å². The summed E-state index contributed by atoms with van der Waals surface area (Å²) in [5.41, 5.74) is 1.41. The Kier molecular flexibility index (Phi) is 2.67. The summed E-state index contributed by atoms with van der Waals surface area (Å²) in [5, 5.41) is 9.36. The van der Waals surface area contributed by atoms with E-state index >= 15 is 0 Å². The molecule has 2 atom stereocenters. The van der Waals surface area contributed by atoms with Crippen molar-refractivity contribution in [1.82, 2.24) is 9.55 Å². The zero-order chi connectivity index (χ0) is 13.4. The number of aliphatic carboxylic acids is 1. The van der Waals surface area contributed by atoms with Crippen LogP contribution < -0.4 is 0 Å². The number of Topliss-reactive ketones (excluding diaryl/α,β-unsaturated/α-hetero) is 1. The average Bonchev–Trinajstić information content (AvgIpc) is 2.92. The molecule has 19 heavy (non-hydrogen) atoms. The van der Waals surface area contributed by atoms with Crippen molar-refractivity contribution in [2.45, 2.75) is 12.5 Å². The van der Waals surface area contributed by atoms with Gasteiger partial charge in [-0.25, -0.2) is 4.98 Å². The summed E-state index contributed by atoms with van der Waals surface area (Å²) in [6, 6.07) is 6.47. The van der Waals surface area contributed by atoms with E-state index < -0.39 is 17.9 Å². The first kappa shape index (κ1) is 11.6. The minimum absolute atomic E-state index is 0.160. The molecule has 2 unspecified atom stereocenters. The van der Waals surface area contributed by atoms with E-state index in [9.17, 15) is 14.7 Å². The van der Waals surface area contributed by atoms with Gasteiger partial charge in [-0.2, -0.15) is 0 Å². The number of imidazole rings is 1. The molecule has 1 heterocycles. The van der Waals surface area contributed by atoms with E-state index in [2.05, 4.69) is 4.98 Å². The number of nitrogens with zero attached hydrogens (tertiary/aromatic N) is 2. The molecule has 96 valence electrons. The van der Waals surface area contributed by atoms with Gasteiger partial charge < -0.3 is 9.67 Å². The van der Waals surface area contributed by atoms with Crippen LogP contribution in [-0.4, -0.2) is 26.4 Å². The van der Waals surface area contributed by atoms with Gasteiger partial charge in [0.15, 0.2) is 5.78 Å². The Labute approximate surface area is 109 Å². The second kappa shape index (κ2) is 4.35. The number of aromatic nitrogens is 2. The third kappa shape index (κ3) is 1.83. The van der Waals surface area contributed by atoms with Gasteiger partial charge in [0.05, 0.1) is 12.2 Å². The molecule has 1 N–H and O–H groups in total. The lowest BCUT2D eigenvalue weighted by Crippen LogP contribution is -2.37. The molecule has 0 aliphatic heterocycles. The van der Waals surface area contributed by atoms with Crippen molar-refractivity contribution < 1.29 is 14.7 Å². The van der Waals surface area contributed by atoms with Gasteiger partial charge in [-0.15, -0.1) is 0 Å². The van der Waals surface area contributed by atoms with Crippen LogP contribution in [-0.2, 0) is 11.2 Å². The van der Waals surface area contributed by atoms with Crippen molar-refractivity contribution in [3.63, 3.8) is 0 Å². The first-order valence-electron chi connectivity index (χ1n) is 6.01. The second-order valence-electron chi connectivity index (χ2n) is 4.62. The van der Waals surface area contributed by atoms with Crippen LogP contribution in [0.15, 0.2) is 43.0 Å². The van der Waals surface area contributed by atoms with Crippen LogP contribution in [0.2, 0.25) is 0 Å². The lowest BCUT2D eigenvalue weighted by atomic mass is 9.79. The minimum Gasteiger partial charge on any atom is -0.481 e. The molecule has 0 spiro atoms. The SMILES string of the molecule is O=C(O)C1Cc2ccccc2C(=O)C1n1ccnc1. The molecule has 0 saturated carbocycles. The highest BCUT2D eigenvalue weighted by Gasteiger charge is 2.40. The first-order valence-corrected chi connectivity index (χ1v) is 6.01. The number of carbonyl (C=O) groups is 2. The smallest absolute Gasteiger partial charge is 0.309 e. The fraction of sp³-hybridized carbons (Fsp3) is 0.214. The normalized spacial score (nSPS) is 22.0. The molecule has 3 rings (SSSR count). The van der Waals surface area contributed by atoms with Gasteiger partial charge in [-0.05, 0) is 12.0 Å². The van der Waals surface area contributed by atoms with Crippen molar-refractivity contribution >= 4 is 11.8 Å². The molecule has 0 saturated heterocycles. The molecule has 5 nitrogen and oxygen atoms in total. The van der Waals surface area contributed by atoms with Crippen molar-refractivity contribution in [2.24, 2.45) is 5.92 Å². The zero-order valence-corrected chi connectivity index (χ0v) is 10.1. The molecule has 2 aromatic rings. The Morgan fingerprint density at radius 3 is 2.84 bits per heavy atom. The molecule has 1 aromatic carbocycles. The monoisotopic (exact) mass is 256 g/mol. The molecular formula is C14H12N2O3. The topological polar surface area (TPSA) is 72.2 Å². The van der Waals surface area contributed by atoms with Crippen molar-refractivity contribution in [2.75, 3.05) is 0 Å². The summed E-state index contributed by atoms with van der Waals surface area (Å²) < 4.78 is 1.58. The average molecular weight is 256 g/mol. The maximum Gasteiger partial charge on any atom is 0.309 e. The van der Waals surface area contributed by atoms with Crippen LogP contribution in [0, 0.1) is 5.92 Å². The van der Waals surface area contributed by atoms with Crippen molar-refractivity contribution in [3.8, 4) is 0 Å². The number of rotatable bonds is 2. The van der Waals surface area contributed by atoms with E-state index in [1.807, 2.05) is 12.1 Å². The predicted molar refractivity (Wildman–Crippen MR) is 66.9 cm³/mol. The number of ketones is 1. The fourth-order valence-electron chi connectivity index (χ4n) is 2.63. The summed E-state index contributed by atoms with van der Waals surface area (Å²) in [6.45, 7) is 0. The number of carboxylic acids is 1. The standard InChI is InChI=1S/C14H12N2O3/c17-13-10-4-2-1-3-9(10)7-11(14(18)19)12(13)16-6-5-15-8-16/h1-6,8,11-12H,7H2,(H,18,19). The third-order valence-electron chi connectivity index (χ3n) is 3.54. The molecule has 1 aliphatic carbocycles. The van der Waals surface area contributed by atoms with Crippen LogP contribution in [0.25, 0.3) is 0 Å². The maximum absolute atomic E-state index is 12.5. The van der Waals surface area contributed by atoms with Gasteiger partial charge in [-0.1, -0.05) is 24.3 Å². The highest BCUT2D eigenvalue weighted by molar-refractivity contribution is 6.03. The van der Waals surface area contributed by atoms with Crippen LogP contribution in [0.5, 0.6) is 0 Å². The molecule has 1 aliphatic rings. The zero-order valence-electron chi connectivity index (χ0n) is 10.1. The number of carboxylic acid groups (broad SMARTS) is 1. The summed E-state index contributed by atoms with van der Waals surface area (Å²) in [4.78, 5) is 27.8. The molecule has 5 heteroatoms. The van der Waals surface area contributed by atoms with Crippen molar-refractivity contribution in [3.05, 3.63) is 54.1 Å². The number of carbonyl (C=O) groups excluding carboxylic acids is 1. The molecule has 0 radical (unpaired) electrons. The second-order valence-corrected chi connectivity index (χ2v) is 4.62. The first-order chi connectivity index (χ1) is 9.18. The Balaban J connectivity index is 2.12. The Morgan fingerprint density at radius 1 is 1.37 bits per heavy atom. The summed E-state index contributed by atoms with van der Waals surface area (Å²) in [6.07, 6.45) is 5.03. The van der Waals surface area contributed by atoms with E-state index in [0.29, 0.717) is 12.0 Å². The molecular weight excluding hydrogens is 244 g/mol. The van der Waals surface area contributed by atoms with Gasteiger partial charge in [0, 0.05) is 18.0 Å². The highest BCUT2D eigenvalue weighted by atomic mass is 16.4. The largest absolute Gasteiger partial charge is 0.481 e. The van der Waals surface area contributed by atoms with Gasteiger partial charge in [0.1, 0.15) is 6.04 Å². The molecule has 0 fully saturated rings. The molecule has 0 bridgehead atoms. The third-order valence-corrected chi connectivity index (χ3v) is 3.54. The number of hydrogen-bond donors (Lipinski definition) is 1. The summed E-state index contributed by atoms with van der Waals surface area (Å²) >= 11 is 0. The Morgan fingerprint density at radius 2 is 2.16 bits per heavy atom. The van der Waals surface area contributed by atoms with Gasteiger partial charge in [-0.3, -0.25) is 9.59 Å². The summed E-state index contributed by atoms with van der Waals surface area (Å²) in [7, 11) is 0. The van der Waals surface area contributed by atoms with Gasteiger partial charge in [0.2, 0.25) is 0 Å². The quantitative estimate of drug-likeness (QED) is 0.885. The fourth-order valence-corrected chi connectivity index (χ4v) is 2.63.